The molecule has 0 atom stereocenters. The lowest BCUT2D eigenvalue weighted by Gasteiger charge is -2.09. The second-order valence-electron chi connectivity index (χ2n) is 6.81. The van der Waals surface area contributed by atoms with Crippen molar-refractivity contribution in [2.75, 3.05) is 16.6 Å². The fourth-order valence-electron chi connectivity index (χ4n) is 2.79. The first kappa shape index (κ1) is 21.9. The zero-order valence-electron chi connectivity index (χ0n) is 17.2. The van der Waals surface area contributed by atoms with Crippen LogP contribution in [0.5, 0.6) is 0 Å². The van der Waals surface area contributed by atoms with E-state index in [4.69, 9.17) is 9.15 Å². The van der Waals surface area contributed by atoms with E-state index in [2.05, 4.69) is 25.0 Å². The highest BCUT2D eigenvalue weighted by Crippen LogP contribution is 2.17. The van der Waals surface area contributed by atoms with E-state index in [9.17, 15) is 18.0 Å². The average molecular weight is 467 g/mol. The Morgan fingerprint density at radius 3 is 2.61 bits per heavy atom. The smallest absolute Gasteiger partial charge is 0.338 e. The first-order valence-corrected chi connectivity index (χ1v) is 11.0. The van der Waals surface area contributed by atoms with Gasteiger partial charge in [0.15, 0.2) is 18.6 Å². The maximum Gasteiger partial charge on any atom is 0.338 e. The van der Waals surface area contributed by atoms with Crippen LogP contribution < -0.4 is 10.0 Å². The van der Waals surface area contributed by atoms with E-state index >= 15 is 0 Å². The summed E-state index contributed by atoms with van der Waals surface area (Å²) in [5.74, 6) is -1.34. The maximum atomic E-state index is 12.5. The Labute approximate surface area is 187 Å². The third-order valence-corrected chi connectivity index (χ3v) is 5.71. The first-order valence-electron chi connectivity index (χ1n) is 9.53. The predicted molar refractivity (Wildman–Crippen MR) is 117 cm³/mol. The normalized spacial score (nSPS) is 11.2. The average Bonchev–Trinajstić information content (AvgIpc) is 3.25. The molecule has 2 aromatic heterocycles. The van der Waals surface area contributed by atoms with Gasteiger partial charge < -0.3 is 14.5 Å². The maximum absolute atomic E-state index is 12.5. The number of rotatable bonds is 7. The zero-order chi connectivity index (χ0) is 23.4. The van der Waals surface area contributed by atoms with Crippen molar-refractivity contribution in [2.45, 2.75) is 11.8 Å². The molecule has 1 amide bonds. The number of oxazole rings is 1. The monoisotopic (exact) mass is 467 g/mol. The summed E-state index contributed by atoms with van der Waals surface area (Å²) in [5.41, 5.74) is 2.17. The van der Waals surface area contributed by atoms with Crippen LogP contribution >= 0.6 is 0 Å². The van der Waals surface area contributed by atoms with E-state index in [0.29, 0.717) is 22.5 Å². The van der Waals surface area contributed by atoms with Gasteiger partial charge in [0.25, 0.3) is 15.9 Å². The number of sulfonamides is 1. The number of aromatic nitrogens is 3. The molecule has 0 radical (unpaired) electrons. The van der Waals surface area contributed by atoms with Crippen LogP contribution in [-0.4, -0.2) is 41.9 Å². The summed E-state index contributed by atoms with van der Waals surface area (Å²) < 4.78 is 37.4. The number of aryl methyl sites for hydroxylation is 1. The molecule has 0 aliphatic rings. The molecule has 2 heterocycles. The Morgan fingerprint density at radius 1 is 1.06 bits per heavy atom. The minimum absolute atomic E-state index is 0.0418. The molecule has 0 aliphatic heterocycles. The second kappa shape index (κ2) is 9.04. The van der Waals surface area contributed by atoms with Crippen LogP contribution in [0.15, 0.2) is 70.4 Å². The SMILES string of the molecule is Cc1ccnc(NS(=O)(=O)c2ccc(NC(=O)COC(=O)c3ccc4ncoc4c3)cc2)n1. The van der Waals surface area contributed by atoms with E-state index in [-0.39, 0.29) is 16.4 Å². The van der Waals surface area contributed by atoms with Crippen molar-refractivity contribution >= 4 is 44.6 Å². The summed E-state index contributed by atoms with van der Waals surface area (Å²) in [7, 11) is -3.91. The largest absolute Gasteiger partial charge is 0.452 e. The highest BCUT2D eigenvalue weighted by Gasteiger charge is 2.16. The van der Waals surface area contributed by atoms with Crippen molar-refractivity contribution in [3.05, 3.63) is 72.4 Å². The summed E-state index contributed by atoms with van der Waals surface area (Å²) in [5, 5.41) is 2.53. The Balaban J connectivity index is 1.33. The Kier molecular flexibility index (Phi) is 6.00. The van der Waals surface area contributed by atoms with Crippen molar-refractivity contribution in [2.24, 2.45) is 0 Å². The third-order valence-electron chi connectivity index (χ3n) is 4.37. The fraction of sp³-hybridized carbons (Fsp3) is 0.0952. The van der Waals surface area contributed by atoms with Crippen molar-refractivity contribution in [3.63, 3.8) is 0 Å². The molecule has 33 heavy (non-hydrogen) atoms. The summed E-state index contributed by atoms with van der Waals surface area (Å²) in [6, 6.07) is 11.7. The number of carbonyl (C=O) groups excluding carboxylic acids is 2. The number of ether oxygens (including phenoxy) is 1. The number of hydrogen-bond donors (Lipinski definition) is 2. The number of amides is 1. The van der Waals surface area contributed by atoms with E-state index in [1.165, 1.54) is 49.0 Å². The molecule has 0 fully saturated rings. The molecule has 0 spiro atoms. The van der Waals surface area contributed by atoms with Crippen LogP contribution in [0, 0.1) is 6.92 Å². The van der Waals surface area contributed by atoms with Crippen LogP contribution in [0.3, 0.4) is 0 Å². The highest BCUT2D eigenvalue weighted by molar-refractivity contribution is 7.92. The molecular weight excluding hydrogens is 450 g/mol. The molecule has 0 bridgehead atoms. The number of anilines is 2. The van der Waals surface area contributed by atoms with Gasteiger partial charge in [-0.25, -0.2) is 32.9 Å². The molecule has 12 heteroatoms. The van der Waals surface area contributed by atoms with Crippen molar-refractivity contribution in [1.82, 2.24) is 15.0 Å². The first-order chi connectivity index (χ1) is 15.8. The number of fused-ring (bicyclic) bond motifs is 1. The number of carbonyl (C=O) groups is 2. The third kappa shape index (κ3) is 5.30. The van der Waals surface area contributed by atoms with Crippen LogP contribution in [0.4, 0.5) is 11.6 Å². The molecule has 0 aliphatic carbocycles. The van der Waals surface area contributed by atoms with Crippen molar-refractivity contribution in [1.29, 1.82) is 0 Å². The van der Waals surface area contributed by atoms with Gasteiger partial charge in [-0.15, -0.1) is 0 Å². The van der Waals surface area contributed by atoms with E-state index in [0.717, 1.165) is 0 Å². The zero-order valence-corrected chi connectivity index (χ0v) is 18.0. The summed E-state index contributed by atoms with van der Waals surface area (Å²) in [4.78, 5) is 36.0. The highest BCUT2D eigenvalue weighted by atomic mass is 32.2. The lowest BCUT2D eigenvalue weighted by atomic mass is 10.2. The molecule has 0 saturated carbocycles. The number of nitrogens with zero attached hydrogens (tertiary/aromatic N) is 3. The van der Waals surface area contributed by atoms with Crippen LogP contribution in [0.25, 0.3) is 11.1 Å². The van der Waals surface area contributed by atoms with Gasteiger partial charge in [0.1, 0.15) is 5.52 Å². The minimum Gasteiger partial charge on any atom is -0.452 e. The summed E-state index contributed by atoms with van der Waals surface area (Å²) in [6.45, 7) is 1.18. The van der Waals surface area contributed by atoms with Gasteiger partial charge in [0.2, 0.25) is 5.95 Å². The number of esters is 1. The van der Waals surface area contributed by atoms with Crippen LogP contribution in [-0.2, 0) is 19.6 Å². The summed E-state index contributed by atoms with van der Waals surface area (Å²) in [6.07, 6.45) is 2.70. The Bertz CT molecular complexity index is 1430. The second-order valence-corrected chi connectivity index (χ2v) is 8.49. The van der Waals surface area contributed by atoms with Gasteiger partial charge in [-0.2, -0.15) is 0 Å². The quantitative estimate of drug-likeness (QED) is 0.390. The summed E-state index contributed by atoms with van der Waals surface area (Å²) >= 11 is 0. The minimum atomic E-state index is -3.91. The Morgan fingerprint density at radius 2 is 1.85 bits per heavy atom. The van der Waals surface area contributed by atoms with E-state index < -0.39 is 28.5 Å². The number of benzene rings is 2. The van der Waals surface area contributed by atoms with E-state index in [1.54, 1.807) is 19.1 Å². The predicted octanol–water partition coefficient (Wildman–Crippen LogP) is 2.52. The number of nitrogens with one attached hydrogen (secondary N) is 2. The lowest BCUT2D eigenvalue weighted by Crippen LogP contribution is -2.21. The van der Waals surface area contributed by atoms with Gasteiger partial charge in [0, 0.05) is 17.6 Å². The van der Waals surface area contributed by atoms with Crippen molar-refractivity contribution < 1.29 is 27.2 Å². The molecular formula is C21H17N5O6S. The lowest BCUT2D eigenvalue weighted by molar-refractivity contribution is -0.119. The van der Waals surface area contributed by atoms with Gasteiger partial charge in [0.05, 0.1) is 10.5 Å². The number of hydrogen-bond acceptors (Lipinski definition) is 9. The standard InChI is InChI=1S/C21H17N5O6S/c1-13-8-9-22-21(24-13)26-33(29,30)16-5-3-15(4-6-16)25-19(27)11-31-20(28)14-2-7-17-18(10-14)32-12-23-17/h2-10,12H,11H2,1H3,(H,25,27)(H,22,24,26). The van der Waals surface area contributed by atoms with Gasteiger partial charge >= 0.3 is 5.97 Å². The molecule has 2 aromatic carbocycles. The van der Waals surface area contributed by atoms with Gasteiger partial charge in [-0.3, -0.25) is 4.79 Å². The van der Waals surface area contributed by atoms with Crippen LogP contribution in [0.2, 0.25) is 0 Å². The topological polar surface area (TPSA) is 153 Å². The molecule has 11 nitrogen and oxygen atoms in total. The van der Waals surface area contributed by atoms with Gasteiger partial charge in [-0.1, -0.05) is 0 Å². The van der Waals surface area contributed by atoms with Crippen LogP contribution in [0.1, 0.15) is 16.1 Å². The van der Waals surface area contributed by atoms with Crippen molar-refractivity contribution in [3.8, 4) is 0 Å². The fourth-order valence-corrected chi connectivity index (χ4v) is 3.74. The molecule has 168 valence electrons. The molecule has 0 unspecified atom stereocenters. The van der Waals surface area contributed by atoms with E-state index in [1.807, 2.05) is 0 Å². The molecule has 4 aromatic rings. The Hall–Kier alpha value is -4.32. The molecule has 0 saturated heterocycles. The molecule has 2 N–H and O–H groups in total. The molecule has 4 rings (SSSR count). The van der Waals surface area contributed by atoms with Gasteiger partial charge in [-0.05, 0) is 55.5 Å².